The van der Waals surface area contributed by atoms with E-state index in [2.05, 4.69) is 64.2 Å². The van der Waals surface area contributed by atoms with Gasteiger partial charge >= 0.3 is 0 Å². The van der Waals surface area contributed by atoms with E-state index in [0.29, 0.717) is 18.0 Å². The number of ether oxygens (including phenoxy) is 1. The van der Waals surface area contributed by atoms with E-state index in [9.17, 15) is 0 Å². The van der Waals surface area contributed by atoms with Crippen molar-refractivity contribution in [1.82, 2.24) is 5.32 Å². The maximum absolute atomic E-state index is 5.62. The number of rotatable bonds is 7. The van der Waals surface area contributed by atoms with Gasteiger partial charge in [-0.25, -0.2) is 0 Å². The molecule has 0 bridgehead atoms. The first-order chi connectivity index (χ1) is 10.0. The minimum absolute atomic E-state index is 0.357. The second-order valence-corrected chi connectivity index (χ2v) is 7.07. The molecule has 21 heavy (non-hydrogen) atoms. The van der Waals surface area contributed by atoms with Gasteiger partial charge < -0.3 is 10.1 Å². The fraction of sp³-hybridized carbons (Fsp3) is 0.556. The van der Waals surface area contributed by atoms with Crippen molar-refractivity contribution in [3.8, 4) is 0 Å². The topological polar surface area (TPSA) is 21.3 Å². The molecule has 0 saturated carbocycles. The zero-order valence-corrected chi connectivity index (χ0v) is 14.6. The van der Waals surface area contributed by atoms with Gasteiger partial charge in [-0.1, -0.05) is 32.0 Å². The molecule has 2 nitrogen and oxygen atoms in total. The summed E-state index contributed by atoms with van der Waals surface area (Å²) in [5, 5.41) is 5.14. The standard InChI is InChI=1S/C18H27NOS/c1-6-20-11-16(12(2)3)19-14(5)18-13(4)15-9-7-8-10-17(15)21-18/h7-10,12,14,16,19H,6,11H2,1-5H3. The summed E-state index contributed by atoms with van der Waals surface area (Å²) in [6, 6.07) is 9.42. The number of hydrogen-bond acceptors (Lipinski definition) is 3. The highest BCUT2D eigenvalue weighted by Crippen LogP contribution is 2.34. The van der Waals surface area contributed by atoms with E-state index in [1.165, 1.54) is 20.5 Å². The first kappa shape index (κ1) is 16.5. The average Bonchev–Trinajstić information content (AvgIpc) is 2.81. The Balaban J connectivity index is 2.17. The second-order valence-electron chi connectivity index (χ2n) is 5.99. The van der Waals surface area contributed by atoms with Crippen molar-refractivity contribution >= 4 is 21.4 Å². The molecule has 116 valence electrons. The van der Waals surface area contributed by atoms with Crippen LogP contribution >= 0.6 is 11.3 Å². The molecule has 1 aromatic heterocycles. The van der Waals surface area contributed by atoms with Crippen LogP contribution in [0.4, 0.5) is 0 Å². The first-order valence-electron chi connectivity index (χ1n) is 7.86. The molecule has 1 aromatic carbocycles. The summed E-state index contributed by atoms with van der Waals surface area (Å²) in [6.07, 6.45) is 0. The van der Waals surface area contributed by atoms with Crippen molar-refractivity contribution in [3.63, 3.8) is 0 Å². The number of thiophene rings is 1. The van der Waals surface area contributed by atoms with E-state index in [0.717, 1.165) is 13.2 Å². The van der Waals surface area contributed by atoms with E-state index >= 15 is 0 Å². The highest BCUT2D eigenvalue weighted by Gasteiger charge is 2.20. The number of nitrogens with one attached hydrogen (secondary N) is 1. The Bertz CT molecular complexity index is 576. The third-order valence-electron chi connectivity index (χ3n) is 4.04. The Kier molecular flexibility index (Phi) is 5.80. The van der Waals surface area contributed by atoms with Gasteiger partial charge in [-0.05, 0) is 43.7 Å². The van der Waals surface area contributed by atoms with Gasteiger partial charge in [-0.15, -0.1) is 11.3 Å². The van der Waals surface area contributed by atoms with E-state index < -0.39 is 0 Å². The number of aryl methyl sites for hydroxylation is 1. The molecular formula is C18H27NOS. The molecule has 0 spiro atoms. The summed E-state index contributed by atoms with van der Waals surface area (Å²) < 4.78 is 7.00. The molecule has 0 saturated heterocycles. The Morgan fingerprint density at radius 2 is 1.90 bits per heavy atom. The highest BCUT2D eigenvalue weighted by atomic mass is 32.1. The van der Waals surface area contributed by atoms with Crippen molar-refractivity contribution < 1.29 is 4.74 Å². The zero-order chi connectivity index (χ0) is 15.4. The molecule has 2 rings (SSSR count). The number of fused-ring (bicyclic) bond motifs is 1. The van der Waals surface area contributed by atoms with Crippen molar-refractivity contribution in [2.75, 3.05) is 13.2 Å². The molecule has 0 aliphatic rings. The van der Waals surface area contributed by atoms with Gasteiger partial charge in [0.05, 0.1) is 6.61 Å². The summed E-state index contributed by atoms with van der Waals surface area (Å²) in [7, 11) is 0. The zero-order valence-electron chi connectivity index (χ0n) is 13.8. The van der Waals surface area contributed by atoms with Crippen LogP contribution in [-0.2, 0) is 4.74 Å². The minimum atomic E-state index is 0.357. The normalized spacial score (nSPS) is 14.8. The Morgan fingerprint density at radius 1 is 1.19 bits per heavy atom. The maximum Gasteiger partial charge on any atom is 0.0622 e. The first-order valence-corrected chi connectivity index (χ1v) is 8.68. The van der Waals surface area contributed by atoms with Crippen LogP contribution in [0.5, 0.6) is 0 Å². The van der Waals surface area contributed by atoms with E-state index in [4.69, 9.17) is 4.74 Å². The molecule has 1 N–H and O–H groups in total. The highest BCUT2D eigenvalue weighted by molar-refractivity contribution is 7.19. The molecule has 0 aliphatic carbocycles. The average molecular weight is 305 g/mol. The van der Waals surface area contributed by atoms with Gasteiger partial charge in [0.2, 0.25) is 0 Å². The van der Waals surface area contributed by atoms with Crippen LogP contribution in [0.1, 0.15) is 44.2 Å². The van der Waals surface area contributed by atoms with Gasteiger partial charge in [0.15, 0.2) is 0 Å². The Labute approximate surface area is 132 Å². The maximum atomic E-state index is 5.62. The molecule has 2 atom stereocenters. The lowest BCUT2D eigenvalue weighted by molar-refractivity contribution is 0.104. The molecular weight excluding hydrogens is 278 g/mol. The van der Waals surface area contributed by atoms with Crippen LogP contribution in [0.2, 0.25) is 0 Å². The third-order valence-corrected chi connectivity index (χ3v) is 5.50. The van der Waals surface area contributed by atoms with Crippen molar-refractivity contribution in [3.05, 3.63) is 34.7 Å². The van der Waals surface area contributed by atoms with Crippen molar-refractivity contribution in [2.45, 2.75) is 46.7 Å². The molecule has 2 unspecified atom stereocenters. The molecule has 0 aliphatic heterocycles. The summed E-state index contributed by atoms with van der Waals surface area (Å²) in [6.45, 7) is 12.6. The van der Waals surface area contributed by atoms with Crippen LogP contribution in [-0.4, -0.2) is 19.3 Å². The summed E-state index contributed by atoms with van der Waals surface area (Å²) in [5.41, 5.74) is 1.41. The molecule has 0 amide bonds. The molecule has 3 heteroatoms. The van der Waals surface area contributed by atoms with E-state index in [1.807, 2.05) is 11.3 Å². The predicted molar refractivity (Wildman–Crippen MR) is 93.2 cm³/mol. The van der Waals surface area contributed by atoms with Gasteiger partial charge in [-0.3, -0.25) is 0 Å². The molecule has 1 heterocycles. The number of benzene rings is 1. The van der Waals surface area contributed by atoms with E-state index in [1.54, 1.807) is 0 Å². The molecule has 0 radical (unpaired) electrons. The largest absolute Gasteiger partial charge is 0.380 e. The van der Waals surface area contributed by atoms with Crippen molar-refractivity contribution in [2.24, 2.45) is 5.92 Å². The quantitative estimate of drug-likeness (QED) is 0.784. The lowest BCUT2D eigenvalue weighted by Crippen LogP contribution is -2.39. The van der Waals surface area contributed by atoms with Gasteiger partial charge in [0, 0.05) is 28.3 Å². The molecule has 2 aromatic rings. The monoisotopic (exact) mass is 305 g/mol. The summed E-state index contributed by atoms with van der Waals surface area (Å²) in [4.78, 5) is 1.44. The van der Waals surface area contributed by atoms with Crippen molar-refractivity contribution in [1.29, 1.82) is 0 Å². The van der Waals surface area contributed by atoms with E-state index in [-0.39, 0.29) is 0 Å². The van der Waals surface area contributed by atoms with Crippen LogP contribution < -0.4 is 5.32 Å². The van der Waals surface area contributed by atoms with Crippen LogP contribution in [0.15, 0.2) is 24.3 Å². The second kappa shape index (κ2) is 7.39. The summed E-state index contributed by atoms with van der Waals surface area (Å²) in [5.74, 6) is 0.564. The van der Waals surface area contributed by atoms with Gasteiger partial charge in [0.25, 0.3) is 0 Å². The smallest absolute Gasteiger partial charge is 0.0622 e. The predicted octanol–water partition coefficient (Wildman–Crippen LogP) is 4.92. The SMILES string of the molecule is CCOCC(NC(C)c1sc2ccccc2c1C)C(C)C. The van der Waals surface area contributed by atoms with Crippen LogP contribution in [0.25, 0.3) is 10.1 Å². The lowest BCUT2D eigenvalue weighted by Gasteiger charge is -2.26. The summed E-state index contributed by atoms with van der Waals surface area (Å²) >= 11 is 1.91. The minimum Gasteiger partial charge on any atom is -0.380 e. The Hall–Kier alpha value is -0.900. The van der Waals surface area contributed by atoms with Gasteiger partial charge in [0.1, 0.15) is 0 Å². The Morgan fingerprint density at radius 3 is 2.52 bits per heavy atom. The fourth-order valence-electron chi connectivity index (χ4n) is 2.68. The lowest BCUT2D eigenvalue weighted by atomic mass is 10.0. The van der Waals surface area contributed by atoms with Gasteiger partial charge in [-0.2, -0.15) is 0 Å². The number of hydrogen-bond donors (Lipinski definition) is 1. The third kappa shape index (κ3) is 3.85. The van der Waals surface area contributed by atoms with Crippen LogP contribution in [0.3, 0.4) is 0 Å². The fourth-order valence-corrected chi connectivity index (χ4v) is 3.90. The molecule has 0 fully saturated rings. The van der Waals surface area contributed by atoms with Crippen LogP contribution in [0, 0.1) is 12.8 Å².